The fraction of sp³-hybridized carbons (Fsp3) is 0.385. The number of esters is 1. The minimum Gasteiger partial charge on any atom is -0.459 e. The van der Waals surface area contributed by atoms with E-state index in [1.54, 1.807) is 24.3 Å². The molecule has 1 heterocycles. The van der Waals surface area contributed by atoms with Crippen LogP contribution in [0, 0.1) is 17.8 Å². The third-order valence-corrected chi connectivity index (χ3v) is 3.91. The van der Waals surface area contributed by atoms with Crippen LogP contribution in [0.4, 0.5) is 0 Å². The van der Waals surface area contributed by atoms with Crippen molar-refractivity contribution in [3.05, 3.63) is 34.9 Å². The minimum atomic E-state index is -0.524. The zero-order valence-electron chi connectivity index (χ0n) is 9.38. The smallest absolute Gasteiger partial charge is 0.310 e. The van der Waals surface area contributed by atoms with Crippen LogP contribution in [0.5, 0.6) is 0 Å². The standard InChI is InChI=1S/C13H11ClO4/c14-7-3-1-6(2-4-7)12(16)10-9-8(5-15)18-13(17)11(9)10/h1-4,8-11,15H,5H2/t8-,9+,10+,11+/m1/s1. The van der Waals surface area contributed by atoms with Crippen LogP contribution in [-0.4, -0.2) is 29.6 Å². The number of fused-ring (bicyclic) bond motifs is 1. The average Bonchev–Trinajstić information content (AvgIpc) is 3.03. The number of carbonyl (C=O) groups is 2. The Labute approximate surface area is 109 Å². The first-order valence-electron chi connectivity index (χ1n) is 5.74. The van der Waals surface area contributed by atoms with Gasteiger partial charge in [0.2, 0.25) is 0 Å². The van der Waals surface area contributed by atoms with Gasteiger partial charge < -0.3 is 9.84 Å². The second-order valence-electron chi connectivity index (χ2n) is 4.66. The first-order chi connectivity index (χ1) is 8.63. The Kier molecular flexibility index (Phi) is 2.64. The van der Waals surface area contributed by atoms with Gasteiger partial charge in [-0.15, -0.1) is 0 Å². The molecule has 2 fully saturated rings. The fourth-order valence-corrected chi connectivity index (χ4v) is 2.84. The summed E-state index contributed by atoms with van der Waals surface area (Å²) in [5.41, 5.74) is 0.545. The lowest BCUT2D eigenvalue weighted by Crippen LogP contribution is -2.23. The molecule has 0 aromatic heterocycles. The molecule has 0 radical (unpaired) electrons. The maximum absolute atomic E-state index is 12.2. The van der Waals surface area contributed by atoms with Crippen molar-refractivity contribution in [2.24, 2.45) is 17.8 Å². The Hall–Kier alpha value is -1.39. The highest BCUT2D eigenvalue weighted by molar-refractivity contribution is 6.30. The van der Waals surface area contributed by atoms with E-state index in [1.165, 1.54) is 0 Å². The number of aliphatic hydroxyl groups excluding tert-OH is 1. The van der Waals surface area contributed by atoms with E-state index in [2.05, 4.69) is 0 Å². The highest BCUT2D eigenvalue weighted by Gasteiger charge is 2.68. The van der Waals surface area contributed by atoms with Gasteiger partial charge in [-0.05, 0) is 24.3 Å². The number of rotatable bonds is 3. The van der Waals surface area contributed by atoms with Gasteiger partial charge >= 0.3 is 5.97 Å². The third kappa shape index (κ3) is 1.64. The predicted octanol–water partition coefficient (Wildman–Crippen LogP) is 1.30. The van der Waals surface area contributed by atoms with Crippen LogP contribution in [-0.2, 0) is 9.53 Å². The van der Waals surface area contributed by atoms with Gasteiger partial charge in [-0.3, -0.25) is 9.59 Å². The van der Waals surface area contributed by atoms with Crippen LogP contribution in [0.15, 0.2) is 24.3 Å². The summed E-state index contributed by atoms with van der Waals surface area (Å²) in [6.07, 6.45) is -0.524. The lowest BCUT2D eigenvalue weighted by molar-refractivity contribution is -0.147. The molecule has 1 saturated carbocycles. The molecular formula is C13H11ClO4. The van der Waals surface area contributed by atoms with Gasteiger partial charge in [0.15, 0.2) is 5.78 Å². The van der Waals surface area contributed by atoms with Crippen molar-refractivity contribution in [1.82, 2.24) is 0 Å². The lowest BCUT2D eigenvalue weighted by Gasteiger charge is -2.11. The number of Topliss-reactive ketones (excluding diaryl/α,β-unsaturated/α-hetero) is 1. The first kappa shape index (κ1) is 11.7. The first-order valence-corrected chi connectivity index (χ1v) is 6.12. The largest absolute Gasteiger partial charge is 0.459 e. The summed E-state index contributed by atoms with van der Waals surface area (Å²) < 4.78 is 4.95. The quantitative estimate of drug-likeness (QED) is 0.662. The van der Waals surface area contributed by atoms with Gasteiger partial charge in [-0.25, -0.2) is 0 Å². The Morgan fingerprint density at radius 1 is 1.33 bits per heavy atom. The molecule has 1 aromatic carbocycles. The summed E-state index contributed by atoms with van der Waals surface area (Å²) in [7, 11) is 0. The Morgan fingerprint density at radius 2 is 2.00 bits per heavy atom. The second kappa shape index (κ2) is 4.07. The number of benzene rings is 1. The van der Waals surface area contributed by atoms with E-state index in [-0.39, 0.29) is 36.1 Å². The van der Waals surface area contributed by atoms with Crippen molar-refractivity contribution in [2.45, 2.75) is 6.10 Å². The highest BCUT2D eigenvalue weighted by Crippen LogP contribution is 2.56. The molecule has 0 amide bonds. The molecule has 0 unspecified atom stereocenters. The molecule has 0 bridgehead atoms. The summed E-state index contributed by atoms with van der Waals surface area (Å²) >= 11 is 5.76. The van der Waals surface area contributed by atoms with Gasteiger partial charge in [-0.1, -0.05) is 11.6 Å². The molecule has 0 spiro atoms. The molecule has 5 heteroatoms. The zero-order valence-corrected chi connectivity index (χ0v) is 10.1. The Bertz CT molecular complexity index is 510. The van der Waals surface area contributed by atoms with E-state index in [1.807, 2.05) is 0 Å². The van der Waals surface area contributed by atoms with E-state index in [9.17, 15) is 9.59 Å². The SMILES string of the molecule is O=C1O[C@H](CO)[C@@H]2[C@H]1[C@H]2C(=O)c1ccc(Cl)cc1. The van der Waals surface area contributed by atoms with Crippen molar-refractivity contribution in [3.8, 4) is 0 Å². The van der Waals surface area contributed by atoms with Gasteiger partial charge in [0.1, 0.15) is 6.10 Å². The Morgan fingerprint density at radius 3 is 2.61 bits per heavy atom. The van der Waals surface area contributed by atoms with E-state index in [0.717, 1.165) is 0 Å². The predicted molar refractivity (Wildman–Crippen MR) is 63.2 cm³/mol. The minimum absolute atomic E-state index is 0.0724. The molecule has 1 N–H and O–H groups in total. The van der Waals surface area contributed by atoms with E-state index >= 15 is 0 Å². The summed E-state index contributed by atoms with van der Waals surface area (Å²) in [4.78, 5) is 23.7. The van der Waals surface area contributed by atoms with Crippen LogP contribution in [0.25, 0.3) is 0 Å². The van der Waals surface area contributed by atoms with Crippen molar-refractivity contribution >= 4 is 23.4 Å². The number of ether oxygens (including phenoxy) is 1. The molecule has 2 aliphatic rings. The molecule has 94 valence electrons. The van der Waals surface area contributed by atoms with Crippen LogP contribution in [0.1, 0.15) is 10.4 Å². The van der Waals surface area contributed by atoms with Gasteiger partial charge in [0.25, 0.3) is 0 Å². The number of carbonyl (C=O) groups excluding carboxylic acids is 2. The number of halogens is 1. The summed E-state index contributed by atoms with van der Waals surface area (Å²) in [6.45, 7) is -0.225. The Balaban J connectivity index is 1.80. The number of hydrogen-bond acceptors (Lipinski definition) is 4. The molecular weight excluding hydrogens is 256 g/mol. The van der Waals surface area contributed by atoms with Crippen LogP contribution in [0.2, 0.25) is 5.02 Å². The van der Waals surface area contributed by atoms with Crippen LogP contribution in [0.3, 0.4) is 0 Å². The summed E-state index contributed by atoms with van der Waals surface area (Å²) in [5.74, 6) is -1.32. The molecule has 4 nitrogen and oxygen atoms in total. The summed E-state index contributed by atoms with van der Waals surface area (Å²) in [6, 6.07) is 6.60. The maximum Gasteiger partial charge on any atom is 0.310 e. The number of cyclic esters (lactones) is 1. The van der Waals surface area contributed by atoms with Crippen molar-refractivity contribution in [2.75, 3.05) is 6.61 Å². The second-order valence-corrected chi connectivity index (χ2v) is 5.09. The van der Waals surface area contributed by atoms with E-state index in [0.29, 0.717) is 10.6 Å². The lowest BCUT2D eigenvalue weighted by atomic mass is 10.0. The van der Waals surface area contributed by atoms with Crippen LogP contribution >= 0.6 is 11.6 Å². The van der Waals surface area contributed by atoms with Crippen molar-refractivity contribution in [3.63, 3.8) is 0 Å². The molecule has 3 rings (SSSR count). The molecule has 1 saturated heterocycles. The maximum atomic E-state index is 12.2. The van der Waals surface area contributed by atoms with Crippen LogP contribution < -0.4 is 0 Å². The molecule has 4 atom stereocenters. The topological polar surface area (TPSA) is 63.6 Å². The fourth-order valence-electron chi connectivity index (χ4n) is 2.71. The van der Waals surface area contributed by atoms with Gasteiger partial charge in [0.05, 0.1) is 12.5 Å². The third-order valence-electron chi connectivity index (χ3n) is 3.66. The van der Waals surface area contributed by atoms with Gasteiger partial charge in [0, 0.05) is 22.4 Å². The van der Waals surface area contributed by atoms with Crippen molar-refractivity contribution < 1.29 is 19.4 Å². The zero-order chi connectivity index (χ0) is 12.9. The number of ketones is 1. The highest BCUT2D eigenvalue weighted by atomic mass is 35.5. The monoisotopic (exact) mass is 266 g/mol. The molecule has 1 aromatic rings. The molecule has 18 heavy (non-hydrogen) atoms. The normalized spacial score (nSPS) is 32.9. The summed E-state index contributed by atoms with van der Waals surface area (Å²) in [5, 5.41) is 9.65. The van der Waals surface area contributed by atoms with E-state index < -0.39 is 6.10 Å². The van der Waals surface area contributed by atoms with Gasteiger partial charge in [-0.2, -0.15) is 0 Å². The average molecular weight is 267 g/mol. The number of hydrogen-bond donors (Lipinski definition) is 1. The molecule has 1 aliphatic carbocycles. The number of aliphatic hydroxyl groups is 1. The van der Waals surface area contributed by atoms with E-state index in [4.69, 9.17) is 21.4 Å². The van der Waals surface area contributed by atoms with Crippen molar-refractivity contribution in [1.29, 1.82) is 0 Å². The molecule has 1 aliphatic heterocycles.